The van der Waals surface area contributed by atoms with E-state index in [2.05, 4.69) is 34.5 Å². The van der Waals surface area contributed by atoms with Crippen molar-refractivity contribution in [1.29, 1.82) is 0 Å². The molecule has 164 valence electrons. The monoisotopic (exact) mass is 438 g/mol. The zero-order chi connectivity index (χ0) is 21.7. The molecule has 1 N–H and O–H groups in total. The van der Waals surface area contributed by atoms with E-state index in [9.17, 15) is 4.79 Å². The van der Waals surface area contributed by atoms with E-state index in [1.54, 1.807) is 4.68 Å². The number of rotatable bonds is 5. The van der Waals surface area contributed by atoms with Gasteiger partial charge in [0.05, 0.1) is 22.3 Å². The summed E-state index contributed by atoms with van der Waals surface area (Å²) < 4.78 is 1.77. The number of nitrogens with one attached hydrogen (secondary N) is 1. The van der Waals surface area contributed by atoms with Crippen LogP contribution in [0.2, 0.25) is 0 Å². The van der Waals surface area contributed by atoms with Gasteiger partial charge in [-0.05, 0) is 44.1 Å². The molecule has 2 atom stereocenters. The average Bonchev–Trinajstić information content (AvgIpc) is 3.40. The molecule has 2 aliphatic rings. The van der Waals surface area contributed by atoms with Crippen LogP contribution in [0.25, 0.3) is 11.0 Å². The Balaban J connectivity index is 1.36. The lowest BCUT2D eigenvalue weighted by Crippen LogP contribution is -2.38. The molecule has 1 amide bonds. The second kappa shape index (κ2) is 7.98. The summed E-state index contributed by atoms with van der Waals surface area (Å²) in [5, 5.41) is 11.1. The van der Waals surface area contributed by atoms with Crippen LogP contribution in [0.15, 0.2) is 11.4 Å². The largest absolute Gasteiger partial charge is 0.298 e. The van der Waals surface area contributed by atoms with Gasteiger partial charge in [-0.2, -0.15) is 5.10 Å². The van der Waals surface area contributed by atoms with Gasteiger partial charge in [-0.15, -0.1) is 11.3 Å². The number of amides is 1. The van der Waals surface area contributed by atoms with Gasteiger partial charge in [0.25, 0.3) is 5.91 Å². The van der Waals surface area contributed by atoms with Crippen molar-refractivity contribution in [2.45, 2.75) is 52.5 Å². The van der Waals surface area contributed by atoms with Crippen LogP contribution in [0.1, 0.15) is 66.5 Å². The van der Waals surface area contributed by atoms with E-state index in [1.165, 1.54) is 17.8 Å². The van der Waals surface area contributed by atoms with Crippen molar-refractivity contribution in [2.24, 2.45) is 18.9 Å². The summed E-state index contributed by atoms with van der Waals surface area (Å²) in [5.41, 5.74) is 4.27. The molecule has 1 aliphatic heterocycles. The molecule has 0 spiro atoms. The summed E-state index contributed by atoms with van der Waals surface area (Å²) in [4.78, 5) is 25.2. The maximum atomic E-state index is 13.3. The third-order valence-electron chi connectivity index (χ3n) is 6.33. The van der Waals surface area contributed by atoms with Gasteiger partial charge < -0.3 is 0 Å². The van der Waals surface area contributed by atoms with Gasteiger partial charge in [0.2, 0.25) is 0 Å². The molecular weight excluding hydrogens is 408 g/mol. The lowest BCUT2D eigenvalue weighted by molar-refractivity contribution is 0.102. The number of likely N-dealkylation sites (tertiary alicyclic amines) is 1. The normalized spacial score (nSPS) is 22.2. The van der Waals surface area contributed by atoms with Crippen LogP contribution < -0.4 is 5.32 Å². The highest BCUT2D eigenvalue weighted by atomic mass is 32.1. The summed E-state index contributed by atoms with van der Waals surface area (Å²) in [7, 11) is 1.89. The Labute approximate surface area is 186 Å². The number of piperidine rings is 1. The topological polar surface area (TPSA) is 75.9 Å². The Kier molecular flexibility index (Phi) is 5.30. The minimum absolute atomic E-state index is 0.133. The maximum Gasteiger partial charge on any atom is 0.258 e. The van der Waals surface area contributed by atoms with Crippen LogP contribution in [-0.4, -0.2) is 43.6 Å². The first-order chi connectivity index (χ1) is 14.9. The number of aryl methyl sites for hydroxylation is 2. The van der Waals surface area contributed by atoms with Crippen molar-refractivity contribution in [1.82, 2.24) is 24.6 Å². The fourth-order valence-corrected chi connectivity index (χ4v) is 5.68. The molecule has 0 aromatic carbocycles. The van der Waals surface area contributed by atoms with Crippen LogP contribution in [0.3, 0.4) is 0 Å². The number of carbonyl (C=O) groups is 1. The zero-order valence-corrected chi connectivity index (χ0v) is 19.5. The first-order valence-electron chi connectivity index (χ1n) is 11.2. The van der Waals surface area contributed by atoms with Crippen LogP contribution >= 0.6 is 11.3 Å². The van der Waals surface area contributed by atoms with E-state index in [4.69, 9.17) is 9.97 Å². The summed E-state index contributed by atoms with van der Waals surface area (Å²) >= 11 is 1.49. The number of aromatic nitrogens is 4. The Bertz CT molecular complexity index is 1120. The lowest BCUT2D eigenvalue weighted by Gasteiger charge is -2.34. The summed E-state index contributed by atoms with van der Waals surface area (Å²) in [5.74, 6) is 1.77. The van der Waals surface area contributed by atoms with Gasteiger partial charge in [-0.3, -0.25) is 19.7 Å². The van der Waals surface area contributed by atoms with Crippen molar-refractivity contribution < 1.29 is 4.79 Å². The van der Waals surface area contributed by atoms with Crippen LogP contribution in [0.4, 0.5) is 5.13 Å². The molecule has 1 saturated heterocycles. The highest BCUT2D eigenvalue weighted by molar-refractivity contribution is 7.14. The molecule has 4 heterocycles. The molecule has 0 radical (unpaired) electrons. The molecular formula is C23H30N6OS. The molecule has 0 bridgehead atoms. The minimum Gasteiger partial charge on any atom is -0.298 e. The van der Waals surface area contributed by atoms with Gasteiger partial charge in [0.1, 0.15) is 0 Å². The van der Waals surface area contributed by atoms with E-state index in [0.717, 1.165) is 72.4 Å². The molecule has 3 aromatic rings. The van der Waals surface area contributed by atoms with E-state index in [1.807, 2.05) is 20.0 Å². The fraction of sp³-hybridized carbons (Fsp3) is 0.565. The van der Waals surface area contributed by atoms with Gasteiger partial charge in [-0.25, -0.2) is 9.97 Å². The Morgan fingerprint density at radius 2 is 1.97 bits per heavy atom. The fourth-order valence-electron chi connectivity index (χ4n) is 4.98. The predicted octanol–water partition coefficient (Wildman–Crippen LogP) is 4.34. The van der Waals surface area contributed by atoms with Gasteiger partial charge in [-0.1, -0.05) is 13.8 Å². The van der Waals surface area contributed by atoms with Crippen LogP contribution in [0, 0.1) is 18.8 Å². The third kappa shape index (κ3) is 4.23. The first kappa shape index (κ1) is 20.6. The number of anilines is 1. The van der Waals surface area contributed by atoms with E-state index in [-0.39, 0.29) is 5.91 Å². The molecule has 2 unspecified atom stereocenters. The molecule has 5 rings (SSSR count). The summed E-state index contributed by atoms with van der Waals surface area (Å²) in [6.07, 6.45) is 3.58. The van der Waals surface area contributed by atoms with Gasteiger partial charge in [0.15, 0.2) is 10.8 Å². The Hall–Kier alpha value is -2.32. The summed E-state index contributed by atoms with van der Waals surface area (Å²) in [6.45, 7) is 9.64. The molecule has 2 fully saturated rings. The molecule has 31 heavy (non-hydrogen) atoms. The number of carbonyl (C=O) groups excluding carboxylic acids is 1. The maximum absolute atomic E-state index is 13.3. The quantitative estimate of drug-likeness (QED) is 0.641. The molecule has 8 heteroatoms. The van der Waals surface area contributed by atoms with E-state index in [0.29, 0.717) is 16.6 Å². The van der Waals surface area contributed by atoms with Crippen molar-refractivity contribution in [2.75, 3.05) is 18.4 Å². The second-order valence-electron chi connectivity index (χ2n) is 9.51. The zero-order valence-electron chi connectivity index (χ0n) is 18.7. The Morgan fingerprint density at radius 3 is 2.68 bits per heavy atom. The van der Waals surface area contributed by atoms with E-state index >= 15 is 0 Å². The van der Waals surface area contributed by atoms with Gasteiger partial charge >= 0.3 is 0 Å². The number of hydrogen-bond donors (Lipinski definition) is 1. The number of thiazole rings is 1. The first-order valence-corrected chi connectivity index (χ1v) is 12.1. The average molecular weight is 439 g/mol. The highest BCUT2D eigenvalue weighted by Crippen LogP contribution is 2.40. The Morgan fingerprint density at radius 1 is 1.23 bits per heavy atom. The molecule has 7 nitrogen and oxygen atoms in total. The van der Waals surface area contributed by atoms with E-state index < -0.39 is 0 Å². The minimum atomic E-state index is -0.133. The van der Waals surface area contributed by atoms with Crippen LogP contribution in [0.5, 0.6) is 0 Å². The van der Waals surface area contributed by atoms with Gasteiger partial charge in [0, 0.05) is 43.7 Å². The number of pyridine rings is 1. The second-order valence-corrected chi connectivity index (χ2v) is 10.4. The van der Waals surface area contributed by atoms with Crippen molar-refractivity contribution >= 4 is 33.4 Å². The third-order valence-corrected chi connectivity index (χ3v) is 7.14. The SMILES string of the molecule is Cc1nn(C)c2nc(C3CC3)cc(C(=O)Nc3nc(CN4CC(C)CC(C)C4)cs3)c12. The molecule has 1 aliphatic carbocycles. The van der Waals surface area contributed by atoms with Crippen molar-refractivity contribution in [3.63, 3.8) is 0 Å². The number of hydrogen-bond acceptors (Lipinski definition) is 6. The number of nitrogens with zero attached hydrogens (tertiary/aromatic N) is 5. The standard InChI is InChI=1S/C23H30N6OS/c1-13-7-14(2)10-29(9-13)11-17-12-31-23(24-17)26-22(30)18-8-19(16-5-6-16)25-21-20(18)15(3)27-28(21)4/h8,12-14,16H,5-7,9-11H2,1-4H3,(H,24,26,30). The smallest absolute Gasteiger partial charge is 0.258 e. The van der Waals surface area contributed by atoms with Crippen LogP contribution in [-0.2, 0) is 13.6 Å². The molecule has 3 aromatic heterocycles. The molecule has 1 saturated carbocycles. The predicted molar refractivity (Wildman–Crippen MR) is 124 cm³/mol. The lowest BCUT2D eigenvalue weighted by atomic mass is 9.92. The van der Waals surface area contributed by atoms with Crippen molar-refractivity contribution in [3.8, 4) is 0 Å². The van der Waals surface area contributed by atoms with Crippen molar-refractivity contribution in [3.05, 3.63) is 34.1 Å². The number of fused-ring (bicyclic) bond motifs is 1. The highest BCUT2D eigenvalue weighted by Gasteiger charge is 2.29. The summed E-state index contributed by atoms with van der Waals surface area (Å²) in [6, 6.07) is 1.95.